The molecule has 92 valence electrons. The molecule has 0 atom stereocenters. The third-order valence-corrected chi connectivity index (χ3v) is 2.63. The van der Waals surface area contributed by atoms with E-state index in [0.717, 1.165) is 0 Å². The van der Waals surface area contributed by atoms with E-state index in [0.29, 0.717) is 5.56 Å². The molecule has 0 fully saturated rings. The monoisotopic (exact) mass is 265 g/mol. The molecular weight excluding hydrogens is 257 g/mol. The Hall–Kier alpha value is -1.94. The first-order valence-electron chi connectivity index (χ1n) is 5.20. The molecule has 0 amide bonds. The van der Waals surface area contributed by atoms with E-state index in [1.807, 2.05) is 0 Å². The van der Waals surface area contributed by atoms with Crippen LogP contribution in [0.5, 0.6) is 0 Å². The molecule has 2 aromatic rings. The van der Waals surface area contributed by atoms with E-state index in [9.17, 15) is 9.18 Å². The summed E-state index contributed by atoms with van der Waals surface area (Å²) in [6.45, 7) is 0. The minimum absolute atomic E-state index is 0.197. The van der Waals surface area contributed by atoms with Gasteiger partial charge in [-0.2, -0.15) is 0 Å². The van der Waals surface area contributed by atoms with Crippen molar-refractivity contribution in [2.75, 3.05) is 0 Å². The number of hydrogen-bond donors (Lipinski definition) is 1. The van der Waals surface area contributed by atoms with Crippen LogP contribution in [0.4, 0.5) is 4.39 Å². The molecular formula is C13H9ClFNO2. The van der Waals surface area contributed by atoms with Crippen LogP contribution in [-0.4, -0.2) is 16.1 Å². The molecule has 2 rings (SSSR count). The summed E-state index contributed by atoms with van der Waals surface area (Å²) >= 11 is 5.77. The van der Waals surface area contributed by atoms with Gasteiger partial charge in [0.25, 0.3) is 0 Å². The van der Waals surface area contributed by atoms with E-state index in [2.05, 4.69) is 4.98 Å². The van der Waals surface area contributed by atoms with E-state index in [1.165, 1.54) is 12.1 Å². The number of rotatable bonds is 3. The molecule has 0 radical (unpaired) electrons. The summed E-state index contributed by atoms with van der Waals surface area (Å²) in [4.78, 5) is 14.8. The molecule has 1 heterocycles. The zero-order valence-corrected chi connectivity index (χ0v) is 9.99. The second-order valence-electron chi connectivity index (χ2n) is 3.69. The molecule has 3 nitrogen and oxygen atoms in total. The smallest absolute Gasteiger partial charge is 0.307 e. The summed E-state index contributed by atoms with van der Waals surface area (Å²) in [6.07, 6.45) is -0.228. The Morgan fingerprint density at radius 2 is 2.00 bits per heavy atom. The van der Waals surface area contributed by atoms with Crippen molar-refractivity contribution in [3.63, 3.8) is 0 Å². The van der Waals surface area contributed by atoms with Crippen LogP contribution in [0.1, 0.15) is 5.56 Å². The molecule has 0 aliphatic rings. The Morgan fingerprint density at radius 1 is 1.28 bits per heavy atom. The number of halogens is 2. The topological polar surface area (TPSA) is 50.2 Å². The molecule has 0 saturated carbocycles. The van der Waals surface area contributed by atoms with Crippen LogP contribution in [0.25, 0.3) is 11.3 Å². The highest BCUT2D eigenvalue weighted by Crippen LogP contribution is 2.26. The quantitative estimate of drug-likeness (QED) is 0.867. The third-order valence-electron chi connectivity index (χ3n) is 2.42. The lowest BCUT2D eigenvalue weighted by Crippen LogP contribution is -2.04. The lowest BCUT2D eigenvalue weighted by atomic mass is 10.0. The molecule has 5 heteroatoms. The Labute approximate surface area is 108 Å². The maximum absolute atomic E-state index is 13.7. The van der Waals surface area contributed by atoms with Crippen molar-refractivity contribution in [3.05, 3.63) is 52.9 Å². The van der Waals surface area contributed by atoms with Crippen molar-refractivity contribution < 1.29 is 14.3 Å². The molecule has 0 aliphatic heterocycles. The van der Waals surface area contributed by atoms with Gasteiger partial charge >= 0.3 is 5.97 Å². The molecule has 0 saturated heterocycles. The number of aromatic nitrogens is 1. The van der Waals surface area contributed by atoms with Crippen molar-refractivity contribution in [2.24, 2.45) is 0 Å². The van der Waals surface area contributed by atoms with Crippen molar-refractivity contribution in [1.29, 1.82) is 0 Å². The second-order valence-corrected chi connectivity index (χ2v) is 4.08. The fourth-order valence-corrected chi connectivity index (χ4v) is 1.80. The summed E-state index contributed by atoms with van der Waals surface area (Å²) in [5, 5.41) is 9.02. The molecule has 18 heavy (non-hydrogen) atoms. The first kappa shape index (κ1) is 12.5. The van der Waals surface area contributed by atoms with Gasteiger partial charge in [0.2, 0.25) is 0 Å². The van der Waals surface area contributed by atoms with Crippen LogP contribution in [0, 0.1) is 5.82 Å². The highest BCUT2D eigenvalue weighted by Gasteiger charge is 2.13. The fourth-order valence-electron chi connectivity index (χ4n) is 1.66. The van der Waals surface area contributed by atoms with Gasteiger partial charge in [-0.1, -0.05) is 29.8 Å². The van der Waals surface area contributed by atoms with Gasteiger partial charge in [0.15, 0.2) is 0 Å². The predicted octanol–water partition coefficient (Wildman–Crippen LogP) is 3.17. The Kier molecular flexibility index (Phi) is 3.58. The highest BCUT2D eigenvalue weighted by atomic mass is 35.5. The minimum Gasteiger partial charge on any atom is -0.481 e. The number of pyridine rings is 1. The number of carbonyl (C=O) groups is 1. The zero-order chi connectivity index (χ0) is 13.1. The summed E-state index contributed by atoms with van der Waals surface area (Å²) in [7, 11) is 0. The molecule has 1 N–H and O–H groups in total. The van der Waals surface area contributed by atoms with Gasteiger partial charge in [-0.3, -0.25) is 4.79 Å². The summed E-state index contributed by atoms with van der Waals surface area (Å²) < 4.78 is 13.7. The van der Waals surface area contributed by atoms with Gasteiger partial charge in [0, 0.05) is 5.56 Å². The summed E-state index contributed by atoms with van der Waals surface area (Å²) in [5.41, 5.74) is 0.941. The number of carboxylic acid groups (broad SMARTS) is 1. The molecule has 1 aromatic heterocycles. The highest BCUT2D eigenvalue weighted by molar-refractivity contribution is 6.29. The third kappa shape index (κ3) is 2.65. The minimum atomic E-state index is -1.00. The normalized spacial score (nSPS) is 10.3. The van der Waals surface area contributed by atoms with Gasteiger partial charge in [-0.25, -0.2) is 9.37 Å². The lowest BCUT2D eigenvalue weighted by Gasteiger charge is -2.08. The Bertz CT molecular complexity index is 601. The molecule has 0 spiro atoms. The number of carboxylic acids is 1. The van der Waals surface area contributed by atoms with E-state index < -0.39 is 11.8 Å². The van der Waals surface area contributed by atoms with Crippen molar-refractivity contribution in [2.45, 2.75) is 6.42 Å². The molecule has 0 aliphatic carbocycles. The van der Waals surface area contributed by atoms with Gasteiger partial charge in [0.05, 0.1) is 12.1 Å². The van der Waals surface area contributed by atoms with Gasteiger partial charge in [-0.05, 0) is 23.8 Å². The van der Waals surface area contributed by atoms with E-state index >= 15 is 0 Å². The van der Waals surface area contributed by atoms with Crippen molar-refractivity contribution in [3.8, 4) is 11.3 Å². The van der Waals surface area contributed by atoms with Crippen LogP contribution in [0.2, 0.25) is 5.15 Å². The second kappa shape index (κ2) is 5.14. The largest absolute Gasteiger partial charge is 0.481 e. The van der Waals surface area contributed by atoms with Crippen LogP contribution in [0.3, 0.4) is 0 Å². The van der Waals surface area contributed by atoms with Gasteiger partial charge < -0.3 is 5.11 Å². The average molecular weight is 266 g/mol. The zero-order valence-electron chi connectivity index (χ0n) is 9.23. The van der Waals surface area contributed by atoms with Crippen molar-refractivity contribution >= 4 is 17.6 Å². The van der Waals surface area contributed by atoms with E-state index in [4.69, 9.17) is 16.7 Å². The average Bonchev–Trinajstić information content (AvgIpc) is 2.32. The van der Waals surface area contributed by atoms with E-state index in [-0.39, 0.29) is 22.8 Å². The molecule has 0 unspecified atom stereocenters. The van der Waals surface area contributed by atoms with Crippen LogP contribution < -0.4 is 0 Å². The molecule has 1 aromatic carbocycles. The number of hydrogen-bond acceptors (Lipinski definition) is 2. The predicted molar refractivity (Wildman–Crippen MR) is 66.0 cm³/mol. The summed E-state index contributed by atoms with van der Waals surface area (Å²) in [6, 6.07) is 9.09. The standard InChI is InChI=1S/C13H9ClFNO2/c14-11-6-5-8(7-12(17)18)13(16-11)9-3-1-2-4-10(9)15/h1-6H,7H2,(H,17,18). The summed E-state index contributed by atoms with van der Waals surface area (Å²) in [5.74, 6) is -1.46. The maximum atomic E-state index is 13.7. The number of aliphatic carboxylic acids is 1. The Balaban J connectivity index is 2.58. The van der Waals surface area contributed by atoms with Crippen LogP contribution >= 0.6 is 11.6 Å². The van der Waals surface area contributed by atoms with Crippen LogP contribution in [-0.2, 0) is 11.2 Å². The first-order chi connectivity index (χ1) is 8.58. The fraction of sp³-hybridized carbons (Fsp3) is 0.0769. The lowest BCUT2D eigenvalue weighted by molar-refractivity contribution is -0.136. The maximum Gasteiger partial charge on any atom is 0.307 e. The Morgan fingerprint density at radius 3 is 2.67 bits per heavy atom. The molecule has 0 bridgehead atoms. The number of benzene rings is 1. The SMILES string of the molecule is O=C(O)Cc1ccc(Cl)nc1-c1ccccc1F. The van der Waals surface area contributed by atoms with Crippen molar-refractivity contribution in [1.82, 2.24) is 4.98 Å². The first-order valence-corrected chi connectivity index (χ1v) is 5.58. The number of nitrogens with zero attached hydrogens (tertiary/aromatic N) is 1. The van der Waals surface area contributed by atoms with Crippen LogP contribution in [0.15, 0.2) is 36.4 Å². The van der Waals surface area contributed by atoms with Gasteiger partial charge in [0.1, 0.15) is 11.0 Å². The van der Waals surface area contributed by atoms with Gasteiger partial charge in [-0.15, -0.1) is 0 Å². The van der Waals surface area contributed by atoms with E-state index in [1.54, 1.807) is 24.3 Å².